The molecule has 2 atom stereocenters. The molecule has 2 unspecified atom stereocenters. The Morgan fingerprint density at radius 1 is 0.586 bits per heavy atom. The summed E-state index contributed by atoms with van der Waals surface area (Å²) in [6.07, 6.45) is 2.45. The lowest BCUT2D eigenvalue weighted by molar-refractivity contribution is 0.218. The van der Waals surface area contributed by atoms with Crippen LogP contribution < -0.4 is 4.74 Å². The monoisotopic (exact) mass is 750 g/mol. The van der Waals surface area contributed by atoms with Crippen molar-refractivity contribution in [3.63, 3.8) is 0 Å². The zero-order valence-electron chi connectivity index (χ0n) is 30.3. The summed E-state index contributed by atoms with van der Waals surface area (Å²) < 4.78 is 21.7. The molecule has 0 radical (unpaired) electrons. The third-order valence-electron chi connectivity index (χ3n) is 11.8. The maximum atomic E-state index is 6.56. The molecule has 6 aromatic carbocycles. The van der Waals surface area contributed by atoms with Crippen LogP contribution in [0.25, 0.3) is 94.7 Å². The number of para-hydroxylation sites is 6. The van der Waals surface area contributed by atoms with Crippen molar-refractivity contribution >= 4 is 89.8 Å². The summed E-state index contributed by atoms with van der Waals surface area (Å²) in [7, 11) is 0. The van der Waals surface area contributed by atoms with Gasteiger partial charge >= 0.3 is 0 Å². The van der Waals surface area contributed by atoms with Crippen LogP contribution in [0.15, 0.2) is 154 Å². The lowest BCUT2D eigenvalue weighted by atomic mass is 10.0. The van der Waals surface area contributed by atoms with E-state index in [1.165, 1.54) is 0 Å². The molecule has 12 aromatic rings. The van der Waals surface area contributed by atoms with Crippen LogP contribution in [0.3, 0.4) is 0 Å². The average Bonchev–Trinajstić information content (AvgIpc) is 4.11. The van der Waals surface area contributed by atoms with E-state index >= 15 is 0 Å². The molecule has 12 heteroatoms. The Bertz CT molecular complexity index is 3820. The van der Waals surface area contributed by atoms with E-state index in [9.17, 15) is 0 Å². The lowest BCUT2D eigenvalue weighted by Crippen LogP contribution is -2.34. The number of aliphatic imine (C=N–C) groups is 2. The number of fused-ring (bicyclic) bond motifs is 16. The van der Waals surface area contributed by atoms with Crippen molar-refractivity contribution < 1.29 is 9.15 Å². The summed E-state index contributed by atoms with van der Waals surface area (Å²) in [6.45, 7) is 0. The molecule has 0 fully saturated rings. The van der Waals surface area contributed by atoms with E-state index in [-0.39, 0.29) is 0 Å². The summed E-state index contributed by atoms with van der Waals surface area (Å²) in [5, 5.41) is 0.943. The van der Waals surface area contributed by atoms with Gasteiger partial charge < -0.3 is 9.15 Å². The molecule has 0 aliphatic carbocycles. The predicted octanol–water partition coefficient (Wildman–Crippen LogP) is 9.33. The van der Waals surface area contributed by atoms with Crippen LogP contribution in [0.2, 0.25) is 0 Å². The molecule has 0 saturated carbocycles. The first-order valence-corrected chi connectivity index (χ1v) is 19.1. The molecule has 2 aliphatic rings. The quantitative estimate of drug-likeness (QED) is 0.178. The minimum Gasteiger partial charge on any atom is -0.479 e. The Hall–Kier alpha value is -8.12. The van der Waals surface area contributed by atoms with Gasteiger partial charge in [0.1, 0.15) is 29.5 Å². The van der Waals surface area contributed by atoms with Crippen LogP contribution in [-0.4, -0.2) is 56.0 Å². The highest BCUT2D eigenvalue weighted by Gasteiger charge is 2.40. The Labute approximate surface area is 326 Å². The Morgan fingerprint density at radius 3 is 2.12 bits per heavy atom. The van der Waals surface area contributed by atoms with Gasteiger partial charge in [0.25, 0.3) is 0 Å². The molecular weight excluding hydrogens is 725 g/mol. The van der Waals surface area contributed by atoms with Gasteiger partial charge in [0, 0.05) is 10.9 Å². The fraction of sp³-hybridized carbons (Fsp3) is 0.0435. The number of aromatic nitrogens is 8. The lowest BCUT2D eigenvalue weighted by Gasteiger charge is -2.24. The van der Waals surface area contributed by atoms with E-state index in [0.717, 1.165) is 100 Å². The molecule has 0 amide bonds. The maximum absolute atomic E-state index is 6.56. The smallest absolute Gasteiger partial charge is 0.222 e. The number of nitrogens with zero attached hydrogens (tertiary/aromatic N) is 10. The number of imidazole rings is 4. The van der Waals surface area contributed by atoms with Gasteiger partial charge in [0.2, 0.25) is 11.6 Å². The first-order chi connectivity index (χ1) is 28.8. The van der Waals surface area contributed by atoms with Crippen molar-refractivity contribution in [2.45, 2.75) is 12.3 Å². The van der Waals surface area contributed by atoms with Gasteiger partial charge in [-0.25, -0.2) is 29.9 Å². The van der Waals surface area contributed by atoms with E-state index in [1.807, 2.05) is 66.7 Å². The van der Waals surface area contributed by atoms with Gasteiger partial charge in [0.15, 0.2) is 23.7 Å². The number of ether oxygens (including phenoxy) is 1. The fourth-order valence-corrected chi connectivity index (χ4v) is 9.24. The Kier molecular flexibility index (Phi) is 5.61. The number of furan rings is 1. The van der Waals surface area contributed by atoms with Crippen molar-refractivity contribution in [3.8, 4) is 22.7 Å². The molecule has 12 nitrogen and oxygen atoms in total. The van der Waals surface area contributed by atoms with Crippen LogP contribution in [-0.2, 0) is 0 Å². The SMILES string of the molecule is C1=NC(n2c3ccc(-c4ccc5c(c4)n4c6ccccc6nc4n5-c4ncnc5c4oc4ccccc45)cc3n3c4ccccc4nc23)C2Oc3ccccc3C2=N1. The second-order valence-electron chi connectivity index (χ2n) is 14.8. The molecule has 0 spiro atoms. The van der Waals surface area contributed by atoms with Crippen molar-refractivity contribution in [1.82, 2.24) is 37.9 Å². The number of hydrogen-bond acceptors (Lipinski definition) is 8. The summed E-state index contributed by atoms with van der Waals surface area (Å²) in [4.78, 5) is 29.4. The summed E-state index contributed by atoms with van der Waals surface area (Å²) >= 11 is 0. The summed E-state index contributed by atoms with van der Waals surface area (Å²) in [6, 6.07) is 45.6. The van der Waals surface area contributed by atoms with Crippen LogP contribution in [0, 0.1) is 0 Å². The maximum Gasteiger partial charge on any atom is 0.222 e. The average molecular weight is 751 g/mol. The molecule has 0 N–H and O–H groups in total. The van der Waals surface area contributed by atoms with Gasteiger partial charge in [-0.2, -0.15) is 0 Å². The van der Waals surface area contributed by atoms with Gasteiger partial charge in [0.05, 0.1) is 49.8 Å². The Morgan fingerprint density at radius 2 is 1.28 bits per heavy atom. The van der Waals surface area contributed by atoms with E-state index in [2.05, 4.69) is 89.6 Å². The third-order valence-corrected chi connectivity index (χ3v) is 11.8. The van der Waals surface area contributed by atoms with Crippen LogP contribution in [0.4, 0.5) is 0 Å². The molecule has 0 saturated heterocycles. The zero-order chi connectivity index (χ0) is 37.6. The van der Waals surface area contributed by atoms with Crippen LogP contribution in [0.5, 0.6) is 5.75 Å². The van der Waals surface area contributed by atoms with Crippen molar-refractivity contribution in [2.75, 3.05) is 0 Å². The van der Waals surface area contributed by atoms with E-state index in [1.54, 1.807) is 12.7 Å². The summed E-state index contributed by atoms with van der Waals surface area (Å²) in [5.41, 5.74) is 13.9. The summed E-state index contributed by atoms with van der Waals surface area (Å²) in [5.74, 6) is 2.97. The van der Waals surface area contributed by atoms with Gasteiger partial charge in [-0.15, -0.1) is 0 Å². The van der Waals surface area contributed by atoms with Crippen LogP contribution >= 0.6 is 0 Å². The number of benzene rings is 6. The van der Waals surface area contributed by atoms with Crippen molar-refractivity contribution in [3.05, 3.63) is 145 Å². The molecule has 6 aromatic heterocycles. The second-order valence-corrected chi connectivity index (χ2v) is 14.8. The minimum absolute atomic E-state index is 0.393. The molecule has 272 valence electrons. The minimum atomic E-state index is -0.415. The van der Waals surface area contributed by atoms with Crippen molar-refractivity contribution in [2.24, 2.45) is 9.98 Å². The molecule has 8 heterocycles. The molecule has 14 rings (SSSR count). The molecular formula is C46H26N10O2. The topological polar surface area (TPSA) is 117 Å². The highest BCUT2D eigenvalue weighted by molar-refractivity contribution is 6.12. The molecule has 2 aliphatic heterocycles. The highest BCUT2D eigenvalue weighted by Crippen LogP contribution is 2.41. The first kappa shape index (κ1) is 30.1. The second kappa shape index (κ2) is 10.8. The third kappa shape index (κ3) is 3.82. The normalized spacial score (nSPS) is 16.4. The van der Waals surface area contributed by atoms with E-state index in [0.29, 0.717) is 11.4 Å². The van der Waals surface area contributed by atoms with Gasteiger partial charge in [-0.1, -0.05) is 60.7 Å². The largest absolute Gasteiger partial charge is 0.479 e. The van der Waals surface area contributed by atoms with Crippen molar-refractivity contribution in [1.29, 1.82) is 0 Å². The molecule has 58 heavy (non-hydrogen) atoms. The van der Waals surface area contributed by atoms with Crippen LogP contribution in [0.1, 0.15) is 11.7 Å². The van der Waals surface area contributed by atoms with E-state index < -0.39 is 12.3 Å². The number of rotatable bonds is 3. The fourth-order valence-electron chi connectivity index (χ4n) is 9.24. The first-order valence-electron chi connectivity index (χ1n) is 19.1. The highest BCUT2D eigenvalue weighted by atomic mass is 16.5. The van der Waals surface area contributed by atoms with Gasteiger partial charge in [-0.05, 0) is 83.9 Å². The van der Waals surface area contributed by atoms with E-state index in [4.69, 9.17) is 34.1 Å². The zero-order valence-corrected chi connectivity index (χ0v) is 30.3. The number of hydrogen-bond donors (Lipinski definition) is 0. The standard InChI is InChI=1S/C46H26N10O2/c1-7-15-37-27(9-1)39-41(57-37)43(49-23-47-39)55-33-19-17-25(21-35(33)53-31-13-5-3-11-29(31)51-45(53)55)26-18-20-34-36(22-26)54-32-14-6-4-12-30(32)52-46(54)56(34)44-42-40(48-24-50-44)28-10-2-8-16-38(28)58-42/h1-24,41,43H. The predicted molar refractivity (Wildman–Crippen MR) is 225 cm³/mol. The van der Waals surface area contributed by atoms with Gasteiger partial charge in [-0.3, -0.25) is 17.9 Å². The Balaban J connectivity index is 0.993. The molecule has 0 bridgehead atoms.